The summed E-state index contributed by atoms with van der Waals surface area (Å²) in [7, 11) is -2.57. The smallest absolute Gasteiger partial charge is 0.400 e. The van der Waals surface area contributed by atoms with Crippen molar-refractivity contribution in [3.8, 4) is 0 Å². The summed E-state index contributed by atoms with van der Waals surface area (Å²) in [6.45, 7) is 11.3. The van der Waals surface area contributed by atoms with Gasteiger partial charge in [-0.05, 0) is 41.5 Å². The summed E-state index contributed by atoms with van der Waals surface area (Å²) >= 11 is 0. The molecule has 0 radical (unpaired) electrons. The van der Waals surface area contributed by atoms with Gasteiger partial charge in [0.05, 0.1) is 0 Å². The maximum atomic E-state index is 5.43. The van der Waals surface area contributed by atoms with Crippen LogP contribution in [-0.2, 0) is 27.7 Å². The van der Waals surface area contributed by atoms with E-state index in [0.717, 1.165) is 0 Å². The first-order valence-corrected chi connectivity index (χ1v) is 6.29. The zero-order chi connectivity index (χ0) is 13.7. The molecular weight excluding hydrogens is 237 g/mol. The normalized spacial score (nSPS) is 17.5. The van der Waals surface area contributed by atoms with Gasteiger partial charge in [0, 0.05) is 18.3 Å². The Labute approximate surface area is 110 Å². The Morgan fingerprint density at radius 2 is 0.778 bits per heavy atom. The van der Waals surface area contributed by atoms with Crippen molar-refractivity contribution in [1.29, 1.82) is 0 Å². The lowest BCUT2D eigenvalue weighted by Gasteiger charge is -2.30. The van der Waals surface area contributed by atoms with Crippen molar-refractivity contribution in [2.75, 3.05) is 0 Å². The summed E-state index contributed by atoms with van der Waals surface area (Å²) in [6, 6.07) is 0. The SMILES string of the molecule is CC(C)OB1OB(OC(C)C)OB(OC(C)C)O1. The molecular formula is C9H21B3O6. The third-order valence-corrected chi connectivity index (χ3v) is 1.82. The van der Waals surface area contributed by atoms with E-state index >= 15 is 0 Å². The van der Waals surface area contributed by atoms with Crippen LogP contribution < -0.4 is 0 Å². The second-order valence-electron chi connectivity index (χ2n) is 4.83. The van der Waals surface area contributed by atoms with Gasteiger partial charge < -0.3 is 27.7 Å². The molecule has 102 valence electrons. The summed E-state index contributed by atoms with van der Waals surface area (Å²) < 4.78 is 32.3. The summed E-state index contributed by atoms with van der Waals surface area (Å²) in [6.07, 6.45) is -0.104. The Hall–Kier alpha value is -0.0452. The first-order valence-electron chi connectivity index (χ1n) is 6.29. The molecule has 1 heterocycles. The highest BCUT2D eigenvalue weighted by atomic mass is 16.9. The highest BCUT2D eigenvalue weighted by Crippen LogP contribution is 2.14. The molecule has 0 amide bonds. The predicted octanol–water partition coefficient (Wildman–Crippen LogP) is 1.28. The zero-order valence-corrected chi connectivity index (χ0v) is 11.9. The van der Waals surface area contributed by atoms with E-state index in [4.69, 9.17) is 27.7 Å². The number of hydrogen-bond donors (Lipinski definition) is 0. The van der Waals surface area contributed by atoms with Crippen molar-refractivity contribution in [3.63, 3.8) is 0 Å². The van der Waals surface area contributed by atoms with Crippen LogP contribution in [0.3, 0.4) is 0 Å². The predicted molar refractivity (Wildman–Crippen MR) is 69.2 cm³/mol. The molecule has 0 aromatic carbocycles. The van der Waals surface area contributed by atoms with Crippen LogP contribution in [0.15, 0.2) is 0 Å². The number of hydrogen-bond acceptors (Lipinski definition) is 6. The molecule has 9 heteroatoms. The van der Waals surface area contributed by atoms with Gasteiger partial charge >= 0.3 is 22.0 Å². The molecule has 1 aliphatic heterocycles. The lowest BCUT2D eigenvalue weighted by molar-refractivity contribution is 0.0364. The second kappa shape index (κ2) is 7.52. The molecule has 0 spiro atoms. The molecule has 0 aliphatic carbocycles. The minimum Gasteiger partial charge on any atom is -0.400 e. The fourth-order valence-corrected chi connectivity index (χ4v) is 1.23. The van der Waals surface area contributed by atoms with Gasteiger partial charge in [0.25, 0.3) is 0 Å². The average molecular weight is 258 g/mol. The molecule has 0 saturated carbocycles. The second-order valence-corrected chi connectivity index (χ2v) is 4.83. The van der Waals surface area contributed by atoms with E-state index in [0.29, 0.717) is 0 Å². The van der Waals surface area contributed by atoms with Crippen LogP contribution in [-0.4, -0.2) is 40.3 Å². The maximum absolute atomic E-state index is 5.43. The lowest BCUT2D eigenvalue weighted by atomic mass is 9.96. The van der Waals surface area contributed by atoms with Crippen molar-refractivity contribution in [2.45, 2.75) is 59.9 Å². The van der Waals surface area contributed by atoms with Crippen LogP contribution in [0, 0.1) is 0 Å². The first kappa shape index (κ1) is 16.0. The van der Waals surface area contributed by atoms with Crippen LogP contribution in [0.2, 0.25) is 0 Å². The van der Waals surface area contributed by atoms with Crippen LogP contribution >= 0.6 is 0 Å². The minimum atomic E-state index is -0.855. The van der Waals surface area contributed by atoms with Crippen LogP contribution in [0.4, 0.5) is 0 Å². The van der Waals surface area contributed by atoms with Gasteiger partial charge in [-0.25, -0.2) is 0 Å². The summed E-state index contributed by atoms with van der Waals surface area (Å²) in [4.78, 5) is 0. The fourth-order valence-electron chi connectivity index (χ4n) is 1.23. The Bertz CT molecular complexity index is 196. The van der Waals surface area contributed by atoms with E-state index in [9.17, 15) is 0 Å². The molecule has 0 unspecified atom stereocenters. The van der Waals surface area contributed by atoms with Gasteiger partial charge in [-0.1, -0.05) is 0 Å². The van der Waals surface area contributed by atoms with E-state index in [1.54, 1.807) is 0 Å². The fraction of sp³-hybridized carbons (Fsp3) is 1.00. The van der Waals surface area contributed by atoms with Crippen LogP contribution in [0.25, 0.3) is 0 Å². The van der Waals surface area contributed by atoms with Crippen LogP contribution in [0.1, 0.15) is 41.5 Å². The van der Waals surface area contributed by atoms with Crippen LogP contribution in [0.5, 0.6) is 0 Å². The maximum Gasteiger partial charge on any atom is 0.615 e. The Kier molecular flexibility index (Phi) is 6.69. The zero-order valence-electron chi connectivity index (χ0n) is 11.9. The van der Waals surface area contributed by atoms with E-state index in [1.807, 2.05) is 41.5 Å². The standard InChI is InChI=1S/C9H21B3O6/c1-7(2)13-10-16-11(14-8(3)4)18-12(17-10)15-9(5)6/h7-9H,1-6H3. The van der Waals surface area contributed by atoms with Gasteiger partial charge in [-0.3, -0.25) is 0 Å². The Balaban J connectivity index is 2.54. The van der Waals surface area contributed by atoms with Crippen molar-refractivity contribution in [3.05, 3.63) is 0 Å². The summed E-state index contributed by atoms with van der Waals surface area (Å²) in [5, 5.41) is 0. The van der Waals surface area contributed by atoms with Gasteiger partial charge in [-0.15, -0.1) is 0 Å². The summed E-state index contributed by atoms with van der Waals surface area (Å²) in [5.74, 6) is 0. The molecule has 1 fully saturated rings. The van der Waals surface area contributed by atoms with Gasteiger partial charge in [-0.2, -0.15) is 0 Å². The molecule has 1 rings (SSSR count). The largest absolute Gasteiger partial charge is 0.615 e. The lowest BCUT2D eigenvalue weighted by Crippen LogP contribution is -2.54. The highest BCUT2D eigenvalue weighted by Gasteiger charge is 2.47. The Morgan fingerprint density at radius 1 is 0.556 bits per heavy atom. The Morgan fingerprint density at radius 3 is 0.944 bits per heavy atom. The van der Waals surface area contributed by atoms with E-state index in [-0.39, 0.29) is 18.3 Å². The highest BCUT2D eigenvalue weighted by molar-refractivity contribution is 6.66. The molecule has 6 nitrogen and oxygen atoms in total. The minimum absolute atomic E-state index is 0.0347. The van der Waals surface area contributed by atoms with E-state index < -0.39 is 22.0 Å². The molecule has 1 saturated heterocycles. The van der Waals surface area contributed by atoms with Crippen molar-refractivity contribution in [2.24, 2.45) is 0 Å². The van der Waals surface area contributed by atoms with E-state index in [1.165, 1.54) is 0 Å². The van der Waals surface area contributed by atoms with Crippen molar-refractivity contribution >= 4 is 22.0 Å². The van der Waals surface area contributed by atoms with Gasteiger partial charge in [0.2, 0.25) is 0 Å². The topological polar surface area (TPSA) is 55.4 Å². The molecule has 0 atom stereocenters. The molecule has 18 heavy (non-hydrogen) atoms. The first-order chi connectivity index (χ1) is 8.36. The van der Waals surface area contributed by atoms with Crippen molar-refractivity contribution in [1.82, 2.24) is 0 Å². The summed E-state index contributed by atoms with van der Waals surface area (Å²) in [5.41, 5.74) is 0. The monoisotopic (exact) mass is 258 g/mol. The molecule has 0 aromatic rings. The molecule has 1 aliphatic rings. The quantitative estimate of drug-likeness (QED) is 0.668. The molecule has 0 bridgehead atoms. The molecule has 0 aromatic heterocycles. The van der Waals surface area contributed by atoms with E-state index in [2.05, 4.69) is 0 Å². The number of rotatable bonds is 6. The average Bonchev–Trinajstić information content (AvgIpc) is 2.12. The molecule has 0 N–H and O–H groups in total. The van der Waals surface area contributed by atoms with Crippen molar-refractivity contribution < 1.29 is 27.7 Å². The third-order valence-electron chi connectivity index (χ3n) is 1.82. The van der Waals surface area contributed by atoms with Gasteiger partial charge in [0.15, 0.2) is 0 Å². The van der Waals surface area contributed by atoms with Gasteiger partial charge in [0.1, 0.15) is 0 Å². The third kappa shape index (κ3) is 6.22.